The smallest absolute Gasteiger partial charge is 0.226 e. The van der Waals surface area contributed by atoms with Crippen LogP contribution in [-0.2, 0) is 4.79 Å². The fourth-order valence-corrected chi connectivity index (χ4v) is 3.08. The van der Waals surface area contributed by atoms with Crippen molar-refractivity contribution < 1.29 is 9.53 Å². The quantitative estimate of drug-likeness (QED) is 0.601. The van der Waals surface area contributed by atoms with Crippen molar-refractivity contribution in [2.45, 2.75) is 47.1 Å². The van der Waals surface area contributed by atoms with Crippen LogP contribution in [0.3, 0.4) is 0 Å². The first-order chi connectivity index (χ1) is 13.4. The van der Waals surface area contributed by atoms with E-state index in [4.69, 9.17) is 4.74 Å². The number of nitrogens with one attached hydrogen (secondary N) is 2. The molecule has 0 bridgehead atoms. The van der Waals surface area contributed by atoms with Gasteiger partial charge in [-0.2, -0.15) is 0 Å². The topological polar surface area (TPSA) is 53.6 Å². The summed E-state index contributed by atoms with van der Waals surface area (Å²) in [5, 5.41) is 6.31. The maximum atomic E-state index is 12.3. The van der Waals surface area contributed by atoms with Gasteiger partial charge in [0.15, 0.2) is 0 Å². The molecule has 0 atom stereocenters. The minimum atomic E-state index is -0.0373. The average Bonchev–Trinajstić information content (AvgIpc) is 2.65. The van der Waals surface area contributed by atoms with Crippen molar-refractivity contribution in [3.8, 4) is 5.75 Å². The molecule has 0 aliphatic carbocycles. The Labute approximate surface area is 169 Å². The number of anilines is 3. The van der Waals surface area contributed by atoms with Gasteiger partial charge in [0.1, 0.15) is 5.75 Å². The van der Waals surface area contributed by atoms with Gasteiger partial charge in [0.2, 0.25) is 5.91 Å². The van der Waals surface area contributed by atoms with Crippen molar-refractivity contribution in [3.05, 3.63) is 48.0 Å². The third kappa shape index (κ3) is 6.19. The van der Waals surface area contributed by atoms with Crippen LogP contribution < -0.4 is 20.3 Å². The highest BCUT2D eigenvalue weighted by atomic mass is 16.5. The monoisotopic (exact) mass is 383 g/mol. The second-order valence-corrected chi connectivity index (χ2v) is 7.06. The Hall–Kier alpha value is -2.69. The van der Waals surface area contributed by atoms with E-state index in [2.05, 4.69) is 54.5 Å². The minimum Gasteiger partial charge on any atom is -0.489 e. The predicted molar refractivity (Wildman–Crippen MR) is 119 cm³/mol. The molecule has 0 saturated carbocycles. The van der Waals surface area contributed by atoms with Gasteiger partial charge in [-0.3, -0.25) is 4.79 Å². The molecule has 2 rings (SSSR count). The number of hydrogen-bond donors (Lipinski definition) is 2. The Morgan fingerprint density at radius 1 is 1.07 bits per heavy atom. The van der Waals surface area contributed by atoms with Crippen molar-refractivity contribution in [2.24, 2.45) is 0 Å². The number of aryl methyl sites for hydroxylation is 1. The molecule has 0 aliphatic rings. The van der Waals surface area contributed by atoms with Gasteiger partial charge in [0, 0.05) is 37.4 Å². The van der Waals surface area contributed by atoms with Crippen molar-refractivity contribution in [1.82, 2.24) is 0 Å². The number of amides is 1. The van der Waals surface area contributed by atoms with Gasteiger partial charge in [-0.15, -0.1) is 0 Å². The third-order valence-electron chi connectivity index (χ3n) is 4.53. The van der Waals surface area contributed by atoms with E-state index in [1.807, 2.05) is 38.1 Å². The zero-order valence-electron chi connectivity index (χ0n) is 17.7. The third-order valence-corrected chi connectivity index (χ3v) is 4.53. The molecule has 0 spiro atoms. The molecule has 2 aromatic rings. The summed E-state index contributed by atoms with van der Waals surface area (Å²) in [4.78, 5) is 14.7. The van der Waals surface area contributed by atoms with Crippen molar-refractivity contribution >= 4 is 23.0 Å². The van der Waals surface area contributed by atoms with E-state index in [0.717, 1.165) is 18.8 Å². The molecule has 0 saturated heterocycles. The second kappa shape index (κ2) is 10.6. The fraction of sp³-hybridized carbons (Fsp3) is 0.435. The van der Waals surface area contributed by atoms with Gasteiger partial charge in [0.05, 0.1) is 11.8 Å². The summed E-state index contributed by atoms with van der Waals surface area (Å²) in [6.07, 6.45) is 0.440. The molecular weight excluding hydrogens is 350 g/mol. The van der Waals surface area contributed by atoms with E-state index in [9.17, 15) is 4.79 Å². The van der Waals surface area contributed by atoms with Crippen LogP contribution in [0.5, 0.6) is 5.75 Å². The Kier molecular flexibility index (Phi) is 8.18. The molecule has 2 N–H and O–H groups in total. The number of para-hydroxylation sites is 2. The number of benzene rings is 2. The first kappa shape index (κ1) is 21.6. The number of ether oxygens (including phenoxy) is 1. The zero-order valence-corrected chi connectivity index (χ0v) is 17.7. The highest BCUT2D eigenvalue weighted by Gasteiger charge is 2.09. The number of nitrogens with zero attached hydrogens (tertiary/aromatic N) is 1. The molecule has 0 aromatic heterocycles. The van der Waals surface area contributed by atoms with Crippen molar-refractivity contribution in [2.75, 3.05) is 35.2 Å². The summed E-state index contributed by atoms with van der Waals surface area (Å²) in [6.45, 7) is 12.9. The van der Waals surface area contributed by atoms with Crippen LogP contribution in [0.2, 0.25) is 0 Å². The Bertz CT molecular complexity index is 770. The second-order valence-electron chi connectivity index (χ2n) is 7.06. The standard InChI is InChI=1S/C23H33N3O2/c1-6-26(7-2)19-12-13-20(18(5)16-19)24-15-14-23(27)25-21-10-8-9-11-22(21)28-17(3)4/h8-13,16-17,24H,6-7,14-15H2,1-5H3,(H,25,27). The highest BCUT2D eigenvalue weighted by Crippen LogP contribution is 2.25. The lowest BCUT2D eigenvalue weighted by atomic mass is 10.1. The van der Waals surface area contributed by atoms with Crippen molar-refractivity contribution in [3.63, 3.8) is 0 Å². The van der Waals surface area contributed by atoms with Gasteiger partial charge >= 0.3 is 0 Å². The minimum absolute atomic E-state index is 0.0373. The summed E-state index contributed by atoms with van der Waals surface area (Å²) < 4.78 is 5.75. The van der Waals surface area contributed by atoms with E-state index >= 15 is 0 Å². The summed E-state index contributed by atoms with van der Waals surface area (Å²) in [5.74, 6) is 0.659. The van der Waals surface area contributed by atoms with Crippen LogP contribution in [0.1, 0.15) is 39.7 Å². The van der Waals surface area contributed by atoms with E-state index in [-0.39, 0.29) is 12.0 Å². The number of carbonyl (C=O) groups is 1. The lowest BCUT2D eigenvalue weighted by molar-refractivity contribution is -0.116. The van der Waals surface area contributed by atoms with Crippen LogP contribution in [0.4, 0.5) is 17.1 Å². The predicted octanol–water partition coefficient (Wildman–Crippen LogP) is 5.07. The van der Waals surface area contributed by atoms with Gasteiger partial charge < -0.3 is 20.3 Å². The summed E-state index contributed by atoms with van der Waals surface area (Å²) in [6, 6.07) is 13.9. The summed E-state index contributed by atoms with van der Waals surface area (Å²) in [5.41, 5.74) is 4.18. The van der Waals surface area contributed by atoms with E-state index < -0.39 is 0 Å². The summed E-state index contributed by atoms with van der Waals surface area (Å²) in [7, 11) is 0. The van der Waals surface area contributed by atoms with Gasteiger partial charge in [-0.1, -0.05) is 12.1 Å². The number of carbonyl (C=O) groups excluding carboxylic acids is 1. The summed E-state index contributed by atoms with van der Waals surface area (Å²) >= 11 is 0. The highest BCUT2D eigenvalue weighted by molar-refractivity contribution is 5.92. The van der Waals surface area contributed by atoms with E-state index in [1.165, 1.54) is 11.3 Å². The Morgan fingerprint density at radius 3 is 2.43 bits per heavy atom. The molecule has 5 nitrogen and oxygen atoms in total. The molecule has 0 radical (unpaired) electrons. The molecule has 0 aliphatic heterocycles. The number of rotatable bonds is 10. The maximum Gasteiger partial charge on any atom is 0.226 e. The van der Waals surface area contributed by atoms with Gasteiger partial charge in [0.25, 0.3) is 0 Å². The molecule has 0 unspecified atom stereocenters. The Balaban J connectivity index is 1.89. The largest absolute Gasteiger partial charge is 0.489 e. The number of hydrogen-bond acceptors (Lipinski definition) is 4. The molecule has 5 heteroatoms. The van der Waals surface area contributed by atoms with Crippen LogP contribution in [0.25, 0.3) is 0 Å². The van der Waals surface area contributed by atoms with E-state index in [0.29, 0.717) is 24.4 Å². The van der Waals surface area contributed by atoms with Crippen LogP contribution in [-0.4, -0.2) is 31.6 Å². The lowest BCUT2D eigenvalue weighted by Crippen LogP contribution is -2.22. The SMILES string of the molecule is CCN(CC)c1ccc(NCCC(=O)Nc2ccccc2OC(C)C)c(C)c1. The lowest BCUT2D eigenvalue weighted by Gasteiger charge is -2.22. The first-order valence-electron chi connectivity index (χ1n) is 10.1. The van der Waals surface area contributed by atoms with Gasteiger partial charge in [-0.05, 0) is 70.5 Å². The average molecular weight is 384 g/mol. The van der Waals surface area contributed by atoms with Crippen LogP contribution in [0, 0.1) is 6.92 Å². The van der Waals surface area contributed by atoms with Crippen LogP contribution >= 0.6 is 0 Å². The fourth-order valence-electron chi connectivity index (χ4n) is 3.08. The van der Waals surface area contributed by atoms with Crippen molar-refractivity contribution in [1.29, 1.82) is 0 Å². The van der Waals surface area contributed by atoms with Crippen LogP contribution in [0.15, 0.2) is 42.5 Å². The Morgan fingerprint density at radius 2 is 1.79 bits per heavy atom. The molecule has 152 valence electrons. The normalized spacial score (nSPS) is 10.6. The molecule has 1 amide bonds. The first-order valence-corrected chi connectivity index (χ1v) is 10.1. The maximum absolute atomic E-state index is 12.3. The zero-order chi connectivity index (χ0) is 20.5. The molecule has 0 fully saturated rings. The molecule has 28 heavy (non-hydrogen) atoms. The van der Waals surface area contributed by atoms with Gasteiger partial charge in [-0.25, -0.2) is 0 Å². The molecule has 2 aromatic carbocycles. The molecular formula is C23H33N3O2. The van der Waals surface area contributed by atoms with E-state index in [1.54, 1.807) is 0 Å². The molecule has 0 heterocycles.